The summed E-state index contributed by atoms with van der Waals surface area (Å²) < 4.78 is 23.3. The van der Waals surface area contributed by atoms with Crippen LogP contribution in [0.3, 0.4) is 0 Å². The standard InChI is InChI=1S/C13H14N6O3S2/c1-24(21,22)7-10(15-12(20)9-2-5-23-6-9)11-16-18-19(17-11)13(8-14)3-4-13/h2,5-6,10H,3-4,7H2,1H3,(H,15,20)/t10-/m0/s1. The molecule has 2 aromatic heterocycles. The molecule has 0 unspecified atom stereocenters. The van der Waals surface area contributed by atoms with Crippen LogP contribution in [-0.2, 0) is 15.4 Å². The highest BCUT2D eigenvalue weighted by Crippen LogP contribution is 2.41. The predicted molar refractivity (Wildman–Crippen MR) is 84.9 cm³/mol. The Morgan fingerprint density at radius 1 is 1.58 bits per heavy atom. The quantitative estimate of drug-likeness (QED) is 0.776. The summed E-state index contributed by atoms with van der Waals surface area (Å²) in [5.74, 6) is -0.693. The minimum atomic E-state index is -3.40. The van der Waals surface area contributed by atoms with Crippen molar-refractivity contribution in [3.05, 3.63) is 28.2 Å². The molecule has 11 heteroatoms. The van der Waals surface area contributed by atoms with Gasteiger partial charge >= 0.3 is 0 Å². The van der Waals surface area contributed by atoms with E-state index in [1.54, 1.807) is 16.8 Å². The highest BCUT2D eigenvalue weighted by molar-refractivity contribution is 7.90. The summed E-state index contributed by atoms with van der Waals surface area (Å²) in [4.78, 5) is 13.4. The lowest BCUT2D eigenvalue weighted by Crippen LogP contribution is -2.33. The fourth-order valence-corrected chi connectivity index (χ4v) is 3.61. The molecule has 0 saturated heterocycles. The van der Waals surface area contributed by atoms with Crippen molar-refractivity contribution >= 4 is 27.1 Å². The van der Waals surface area contributed by atoms with Crippen LogP contribution in [0.2, 0.25) is 0 Å². The number of carbonyl (C=O) groups is 1. The number of carbonyl (C=O) groups excluding carboxylic acids is 1. The molecule has 0 radical (unpaired) electrons. The number of hydrogen-bond donors (Lipinski definition) is 1. The fourth-order valence-electron chi connectivity index (χ4n) is 2.14. The van der Waals surface area contributed by atoms with Gasteiger partial charge in [0.05, 0.1) is 17.4 Å². The van der Waals surface area contributed by atoms with Gasteiger partial charge in [0.15, 0.2) is 11.4 Å². The molecule has 1 N–H and O–H groups in total. The zero-order valence-electron chi connectivity index (χ0n) is 12.7. The normalized spacial score (nSPS) is 17.0. The average Bonchev–Trinajstić information content (AvgIpc) is 2.94. The van der Waals surface area contributed by atoms with Gasteiger partial charge in [0.1, 0.15) is 15.9 Å². The van der Waals surface area contributed by atoms with Gasteiger partial charge in [-0.1, -0.05) is 0 Å². The van der Waals surface area contributed by atoms with Crippen LogP contribution in [0.4, 0.5) is 0 Å². The molecule has 1 aliphatic rings. The summed E-state index contributed by atoms with van der Waals surface area (Å²) >= 11 is 1.36. The van der Waals surface area contributed by atoms with E-state index in [0.29, 0.717) is 18.4 Å². The van der Waals surface area contributed by atoms with Gasteiger partial charge < -0.3 is 5.32 Å². The summed E-state index contributed by atoms with van der Waals surface area (Å²) in [5, 5.41) is 27.0. The first kappa shape index (κ1) is 16.5. The van der Waals surface area contributed by atoms with Gasteiger partial charge in [0.25, 0.3) is 5.91 Å². The number of sulfone groups is 1. The maximum Gasteiger partial charge on any atom is 0.252 e. The minimum absolute atomic E-state index is 0.0746. The van der Waals surface area contributed by atoms with E-state index in [0.717, 1.165) is 6.26 Å². The van der Waals surface area contributed by atoms with Crippen LogP contribution in [-0.4, -0.2) is 46.5 Å². The van der Waals surface area contributed by atoms with E-state index in [2.05, 4.69) is 26.8 Å². The molecule has 126 valence electrons. The van der Waals surface area contributed by atoms with Gasteiger partial charge in [0.2, 0.25) is 0 Å². The Morgan fingerprint density at radius 2 is 2.33 bits per heavy atom. The Morgan fingerprint density at radius 3 is 2.88 bits per heavy atom. The van der Waals surface area contributed by atoms with Crippen LogP contribution >= 0.6 is 11.3 Å². The van der Waals surface area contributed by atoms with Crippen LogP contribution in [0.25, 0.3) is 0 Å². The molecule has 2 heterocycles. The third kappa shape index (κ3) is 3.44. The van der Waals surface area contributed by atoms with Gasteiger partial charge in [0, 0.05) is 11.6 Å². The van der Waals surface area contributed by atoms with Gasteiger partial charge in [-0.25, -0.2) is 8.42 Å². The Bertz CT molecular complexity index is 893. The monoisotopic (exact) mass is 366 g/mol. The number of amides is 1. The molecule has 1 amide bonds. The molecule has 1 aliphatic carbocycles. The number of nitriles is 1. The molecule has 1 fully saturated rings. The molecule has 2 aromatic rings. The molecule has 0 aliphatic heterocycles. The minimum Gasteiger partial charge on any atom is -0.341 e. The van der Waals surface area contributed by atoms with Crippen LogP contribution in [0.5, 0.6) is 0 Å². The fraction of sp³-hybridized carbons (Fsp3) is 0.462. The summed E-state index contributed by atoms with van der Waals surface area (Å²) in [5.41, 5.74) is -0.361. The van der Waals surface area contributed by atoms with E-state index in [9.17, 15) is 18.5 Å². The molecule has 3 rings (SSSR count). The zero-order valence-corrected chi connectivity index (χ0v) is 14.3. The lowest BCUT2D eigenvalue weighted by atomic mass is 10.2. The second-order valence-corrected chi connectivity index (χ2v) is 8.68. The Hall–Kier alpha value is -2.32. The lowest BCUT2D eigenvalue weighted by Gasteiger charge is -2.14. The molecule has 0 spiro atoms. The van der Waals surface area contributed by atoms with E-state index in [-0.39, 0.29) is 11.6 Å². The van der Waals surface area contributed by atoms with Crippen molar-refractivity contribution in [3.63, 3.8) is 0 Å². The van der Waals surface area contributed by atoms with Gasteiger partial charge in [-0.3, -0.25) is 4.79 Å². The van der Waals surface area contributed by atoms with E-state index in [4.69, 9.17) is 0 Å². The molecular formula is C13H14N6O3S2. The summed E-state index contributed by atoms with van der Waals surface area (Å²) in [6, 6.07) is 2.83. The zero-order chi connectivity index (χ0) is 17.4. The topological polar surface area (TPSA) is 131 Å². The van der Waals surface area contributed by atoms with Crippen molar-refractivity contribution in [2.75, 3.05) is 12.0 Å². The largest absolute Gasteiger partial charge is 0.341 e. The Balaban J connectivity index is 1.85. The third-order valence-corrected chi connectivity index (χ3v) is 5.24. The second-order valence-electron chi connectivity index (χ2n) is 5.71. The number of thiophene rings is 1. The first-order chi connectivity index (χ1) is 11.3. The maximum atomic E-state index is 12.2. The Labute approximate surface area is 142 Å². The summed E-state index contributed by atoms with van der Waals surface area (Å²) in [6.45, 7) is 0. The van der Waals surface area contributed by atoms with E-state index in [1.165, 1.54) is 16.1 Å². The number of nitrogens with one attached hydrogen (secondary N) is 1. The molecule has 1 saturated carbocycles. The number of aromatic nitrogens is 4. The van der Waals surface area contributed by atoms with Crippen LogP contribution in [0.1, 0.15) is 35.1 Å². The molecule has 9 nitrogen and oxygen atoms in total. The molecule has 0 aromatic carbocycles. The van der Waals surface area contributed by atoms with Crippen molar-refractivity contribution in [1.82, 2.24) is 25.5 Å². The average molecular weight is 366 g/mol. The van der Waals surface area contributed by atoms with E-state index >= 15 is 0 Å². The number of tetrazole rings is 1. The van der Waals surface area contributed by atoms with Crippen molar-refractivity contribution in [1.29, 1.82) is 5.26 Å². The summed E-state index contributed by atoms with van der Waals surface area (Å²) in [6.07, 6.45) is 2.31. The second kappa shape index (κ2) is 5.95. The third-order valence-electron chi connectivity index (χ3n) is 3.61. The van der Waals surface area contributed by atoms with Gasteiger partial charge in [-0.05, 0) is 29.5 Å². The molecular weight excluding hydrogens is 352 g/mol. The van der Waals surface area contributed by atoms with Crippen LogP contribution < -0.4 is 5.32 Å². The van der Waals surface area contributed by atoms with Crippen molar-refractivity contribution in [2.45, 2.75) is 24.4 Å². The van der Waals surface area contributed by atoms with E-state index in [1.807, 2.05) is 0 Å². The number of hydrogen-bond acceptors (Lipinski definition) is 8. The van der Waals surface area contributed by atoms with Gasteiger partial charge in [-0.2, -0.15) is 16.6 Å². The number of rotatable bonds is 6. The molecule has 24 heavy (non-hydrogen) atoms. The first-order valence-electron chi connectivity index (χ1n) is 7.05. The smallest absolute Gasteiger partial charge is 0.252 e. The maximum absolute atomic E-state index is 12.2. The highest BCUT2D eigenvalue weighted by atomic mass is 32.2. The molecule has 1 atom stereocenters. The van der Waals surface area contributed by atoms with Crippen LogP contribution in [0.15, 0.2) is 16.8 Å². The van der Waals surface area contributed by atoms with Crippen molar-refractivity contribution in [2.24, 2.45) is 0 Å². The lowest BCUT2D eigenvalue weighted by molar-refractivity contribution is 0.0939. The highest BCUT2D eigenvalue weighted by Gasteiger charge is 2.48. The first-order valence-corrected chi connectivity index (χ1v) is 10.1. The molecule has 0 bridgehead atoms. The van der Waals surface area contributed by atoms with Crippen LogP contribution in [0, 0.1) is 11.3 Å². The van der Waals surface area contributed by atoms with Crippen molar-refractivity contribution < 1.29 is 13.2 Å². The van der Waals surface area contributed by atoms with Gasteiger partial charge in [-0.15, -0.1) is 15.0 Å². The summed E-state index contributed by atoms with van der Waals surface area (Å²) in [7, 11) is -3.40. The SMILES string of the molecule is CS(=O)(=O)C[C@H](NC(=O)c1ccsc1)c1nnn(C2(C#N)CC2)n1. The number of nitrogens with zero attached hydrogens (tertiary/aromatic N) is 5. The Kier molecular flexibility index (Phi) is 4.10. The predicted octanol–water partition coefficient (Wildman–Crippen LogP) is 0.263. The van der Waals surface area contributed by atoms with Crippen molar-refractivity contribution in [3.8, 4) is 6.07 Å². The van der Waals surface area contributed by atoms with E-state index < -0.39 is 27.3 Å².